The zero-order valence-electron chi connectivity index (χ0n) is 19.6. The molecule has 0 bridgehead atoms. The van der Waals surface area contributed by atoms with Crippen LogP contribution in [0.3, 0.4) is 0 Å². The first-order valence-electron chi connectivity index (χ1n) is 11.2. The molecular weight excluding hydrogens is 436 g/mol. The number of fused-ring (bicyclic) bond motifs is 1. The molecule has 3 rings (SSSR count). The van der Waals surface area contributed by atoms with Crippen molar-refractivity contribution in [2.24, 2.45) is 0 Å². The summed E-state index contributed by atoms with van der Waals surface area (Å²) < 4.78 is 7.43. The second-order valence-corrected chi connectivity index (χ2v) is 7.49. The van der Waals surface area contributed by atoms with Crippen molar-refractivity contribution in [2.45, 2.75) is 26.7 Å². The summed E-state index contributed by atoms with van der Waals surface area (Å²) >= 11 is 0. The van der Waals surface area contributed by atoms with Crippen molar-refractivity contribution >= 4 is 34.7 Å². The lowest BCUT2D eigenvalue weighted by molar-refractivity contribution is -0.130. The Morgan fingerprint density at radius 3 is 2.56 bits per heavy atom. The minimum Gasteiger partial charge on any atom is -0.457 e. The summed E-state index contributed by atoms with van der Waals surface area (Å²) in [7, 11) is 1.58. The summed E-state index contributed by atoms with van der Waals surface area (Å²) in [4.78, 5) is 42.0. The molecule has 2 heterocycles. The second-order valence-electron chi connectivity index (χ2n) is 7.49. The lowest BCUT2D eigenvalue weighted by atomic mass is 10.2. The minimum atomic E-state index is -0.406. The van der Waals surface area contributed by atoms with Gasteiger partial charge in [-0.3, -0.25) is 14.7 Å². The van der Waals surface area contributed by atoms with Crippen molar-refractivity contribution in [1.29, 1.82) is 0 Å². The minimum absolute atomic E-state index is 0.0853. The van der Waals surface area contributed by atoms with Crippen molar-refractivity contribution in [1.82, 2.24) is 25.1 Å². The van der Waals surface area contributed by atoms with Gasteiger partial charge in [-0.1, -0.05) is 0 Å². The number of nitrogens with zero attached hydrogens (tertiary/aromatic N) is 3. The molecule has 0 aliphatic carbocycles. The van der Waals surface area contributed by atoms with Crippen molar-refractivity contribution in [2.75, 3.05) is 32.0 Å². The first-order valence-corrected chi connectivity index (χ1v) is 11.2. The molecule has 3 aromatic rings. The first-order chi connectivity index (χ1) is 16.4. The lowest BCUT2D eigenvalue weighted by Gasteiger charge is -2.18. The molecule has 0 saturated heterocycles. The maximum absolute atomic E-state index is 12.2. The molecule has 34 heavy (non-hydrogen) atoms. The maximum Gasteiger partial charge on any atom is 0.325 e. The van der Waals surface area contributed by atoms with Crippen LogP contribution < -0.4 is 20.7 Å². The molecule has 180 valence electrons. The van der Waals surface area contributed by atoms with Gasteiger partial charge in [-0.05, 0) is 50.6 Å². The van der Waals surface area contributed by atoms with Crippen LogP contribution >= 0.6 is 0 Å². The number of nitrogens with one attached hydrogen (secondary N) is 3. The number of urea groups is 1. The summed E-state index contributed by atoms with van der Waals surface area (Å²) in [5, 5.41) is 8.85. The van der Waals surface area contributed by atoms with Crippen molar-refractivity contribution < 1.29 is 19.1 Å². The largest absolute Gasteiger partial charge is 0.457 e. The molecule has 10 nitrogen and oxygen atoms in total. The van der Waals surface area contributed by atoms with Crippen molar-refractivity contribution in [3.63, 3.8) is 0 Å². The summed E-state index contributed by atoms with van der Waals surface area (Å²) in [6, 6.07) is 9.90. The molecule has 0 atom stereocenters. The summed E-state index contributed by atoms with van der Waals surface area (Å²) in [6.07, 6.45) is 4.18. The Balaban J connectivity index is 1.53. The van der Waals surface area contributed by atoms with E-state index in [2.05, 4.69) is 20.9 Å². The molecule has 2 aromatic heterocycles. The van der Waals surface area contributed by atoms with Gasteiger partial charge in [0, 0.05) is 56.9 Å². The molecule has 3 N–H and O–H groups in total. The van der Waals surface area contributed by atoms with E-state index in [9.17, 15) is 14.4 Å². The van der Waals surface area contributed by atoms with Gasteiger partial charge in [0.1, 0.15) is 17.3 Å². The van der Waals surface area contributed by atoms with Crippen LogP contribution in [0, 0.1) is 0 Å². The Labute approximate surface area is 198 Å². The van der Waals surface area contributed by atoms with Gasteiger partial charge in [-0.25, -0.2) is 14.6 Å². The number of carbonyl (C=O) groups excluding carboxylic acids is 3. The number of hydrogen-bond donors (Lipinski definition) is 3. The fraction of sp³-hybridized carbons (Fsp3) is 0.333. The van der Waals surface area contributed by atoms with E-state index in [4.69, 9.17) is 4.74 Å². The second kappa shape index (κ2) is 11.7. The third-order valence-electron chi connectivity index (χ3n) is 5.27. The van der Waals surface area contributed by atoms with Gasteiger partial charge in [0.2, 0.25) is 5.91 Å². The molecule has 0 saturated carbocycles. The average Bonchev–Trinajstić information content (AvgIpc) is 3.25. The van der Waals surface area contributed by atoms with E-state index in [1.165, 1.54) is 10.8 Å². The highest BCUT2D eigenvalue weighted by Gasteiger charge is 2.11. The third-order valence-corrected chi connectivity index (χ3v) is 5.27. The Morgan fingerprint density at radius 2 is 1.82 bits per heavy atom. The normalized spacial score (nSPS) is 10.6. The van der Waals surface area contributed by atoms with E-state index in [1.54, 1.807) is 42.4 Å². The third kappa shape index (κ3) is 6.25. The number of hydrogen-bond acceptors (Lipinski definition) is 5. The summed E-state index contributed by atoms with van der Waals surface area (Å²) in [6.45, 7) is 5.64. The molecule has 0 fully saturated rings. The number of aromatic nitrogens is 2. The van der Waals surface area contributed by atoms with Crippen LogP contribution in [-0.2, 0) is 4.79 Å². The highest BCUT2D eigenvalue weighted by Crippen LogP contribution is 2.27. The number of carbonyl (C=O) groups is 3. The van der Waals surface area contributed by atoms with Gasteiger partial charge in [-0.2, -0.15) is 0 Å². The standard InChI is InChI=1S/C24H30N6O4/c1-4-29(5-2)22(31)7-6-12-27-23(32)28-21-16-19(10-13-26-21)34-18-8-9-20-17(15-18)11-14-30(20)24(33)25-3/h8-11,13-16H,4-7,12H2,1-3H3,(H,25,33)(H2,26,27,28,32). The van der Waals surface area contributed by atoms with Crippen molar-refractivity contribution in [3.8, 4) is 11.5 Å². The molecule has 0 spiro atoms. The van der Waals surface area contributed by atoms with Crippen LogP contribution in [0.4, 0.5) is 15.4 Å². The van der Waals surface area contributed by atoms with Crippen LogP contribution in [0.5, 0.6) is 11.5 Å². The fourth-order valence-corrected chi connectivity index (χ4v) is 3.50. The van der Waals surface area contributed by atoms with Gasteiger partial charge in [0.15, 0.2) is 0 Å². The SMILES string of the molecule is CCN(CC)C(=O)CCCNC(=O)Nc1cc(Oc2ccc3c(ccn3C(=O)NC)c2)ccn1. The topological polar surface area (TPSA) is 118 Å². The van der Waals surface area contributed by atoms with Crippen molar-refractivity contribution in [3.05, 3.63) is 48.8 Å². The molecule has 0 aliphatic heterocycles. The van der Waals surface area contributed by atoms with Gasteiger partial charge < -0.3 is 20.3 Å². The maximum atomic E-state index is 12.2. The molecular formula is C24H30N6O4. The van der Waals surface area contributed by atoms with E-state index in [0.29, 0.717) is 49.8 Å². The molecule has 0 aliphatic rings. The predicted octanol–water partition coefficient (Wildman–Crippen LogP) is 3.79. The fourth-order valence-electron chi connectivity index (χ4n) is 3.50. The van der Waals surface area contributed by atoms with E-state index < -0.39 is 6.03 Å². The van der Waals surface area contributed by atoms with E-state index in [-0.39, 0.29) is 11.9 Å². The lowest BCUT2D eigenvalue weighted by Crippen LogP contribution is -2.33. The number of ether oxygens (including phenoxy) is 1. The average molecular weight is 467 g/mol. The van der Waals surface area contributed by atoms with Crippen LogP contribution in [0.1, 0.15) is 26.7 Å². The van der Waals surface area contributed by atoms with Gasteiger partial charge in [0.05, 0.1) is 5.52 Å². The van der Waals surface area contributed by atoms with Gasteiger partial charge in [0.25, 0.3) is 0 Å². The zero-order valence-corrected chi connectivity index (χ0v) is 19.6. The zero-order chi connectivity index (χ0) is 24.5. The highest BCUT2D eigenvalue weighted by atomic mass is 16.5. The van der Waals surface area contributed by atoms with E-state index in [1.807, 2.05) is 26.0 Å². The number of rotatable bonds is 9. The number of benzene rings is 1. The van der Waals surface area contributed by atoms with E-state index >= 15 is 0 Å². The Hall–Kier alpha value is -4.08. The monoisotopic (exact) mass is 466 g/mol. The van der Waals surface area contributed by atoms with Crippen LogP contribution in [0.2, 0.25) is 0 Å². The number of anilines is 1. The van der Waals surface area contributed by atoms with Crippen LogP contribution in [-0.4, -0.2) is 59.1 Å². The van der Waals surface area contributed by atoms with E-state index in [0.717, 1.165) is 10.9 Å². The quantitative estimate of drug-likeness (QED) is 0.415. The van der Waals surface area contributed by atoms with Crippen LogP contribution in [0.25, 0.3) is 10.9 Å². The molecule has 10 heteroatoms. The van der Waals surface area contributed by atoms with Gasteiger partial charge >= 0.3 is 12.1 Å². The Morgan fingerprint density at radius 1 is 1.06 bits per heavy atom. The molecule has 0 radical (unpaired) electrons. The molecule has 0 unspecified atom stereocenters. The first kappa shape index (κ1) is 24.6. The summed E-state index contributed by atoms with van der Waals surface area (Å²) in [5.41, 5.74) is 0.763. The predicted molar refractivity (Wildman–Crippen MR) is 130 cm³/mol. The Bertz CT molecular complexity index is 1160. The smallest absolute Gasteiger partial charge is 0.325 e. The summed E-state index contributed by atoms with van der Waals surface area (Å²) in [5.74, 6) is 1.50. The van der Waals surface area contributed by atoms with Crippen LogP contribution in [0.15, 0.2) is 48.8 Å². The molecule has 1 aromatic carbocycles. The number of amides is 4. The molecule has 4 amide bonds. The highest BCUT2D eigenvalue weighted by molar-refractivity contribution is 5.92. The Kier molecular flexibility index (Phi) is 8.44. The van der Waals surface area contributed by atoms with Gasteiger partial charge in [-0.15, -0.1) is 0 Å². The number of pyridine rings is 1.